The highest BCUT2D eigenvalue weighted by molar-refractivity contribution is 5.37. The standard InChI is InChI=1S/C15H25N3/c1-2-4-13-5-3-9-18(10-7-13)12-15-11-14(16)6-8-17-15/h6,8,11,13H,2-5,7,9-10,12H2,1H3,(H2,16,17). The first-order valence-electron chi connectivity index (χ1n) is 7.20. The summed E-state index contributed by atoms with van der Waals surface area (Å²) in [5, 5.41) is 0. The molecule has 0 spiro atoms. The molecular formula is C15H25N3. The van der Waals surface area contributed by atoms with Gasteiger partial charge in [0.1, 0.15) is 0 Å². The van der Waals surface area contributed by atoms with E-state index in [9.17, 15) is 0 Å². The predicted molar refractivity (Wildman–Crippen MR) is 76.2 cm³/mol. The van der Waals surface area contributed by atoms with Crippen LogP contribution in [0.3, 0.4) is 0 Å². The van der Waals surface area contributed by atoms with Crippen molar-refractivity contribution in [1.29, 1.82) is 0 Å². The van der Waals surface area contributed by atoms with Gasteiger partial charge in [0.2, 0.25) is 0 Å². The molecule has 18 heavy (non-hydrogen) atoms. The number of hydrogen-bond donors (Lipinski definition) is 1. The summed E-state index contributed by atoms with van der Waals surface area (Å²) in [6.07, 6.45) is 8.59. The quantitative estimate of drug-likeness (QED) is 0.889. The Labute approximate surface area is 110 Å². The van der Waals surface area contributed by atoms with Crippen LogP contribution in [-0.2, 0) is 6.54 Å². The Morgan fingerprint density at radius 1 is 1.39 bits per heavy atom. The largest absolute Gasteiger partial charge is 0.399 e. The molecule has 0 aliphatic carbocycles. The smallest absolute Gasteiger partial charge is 0.0564 e. The maximum absolute atomic E-state index is 5.80. The third-order valence-electron chi connectivity index (χ3n) is 3.86. The molecule has 2 N–H and O–H groups in total. The number of pyridine rings is 1. The lowest BCUT2D eigenvalue weighted by atomic mass is 9.96. The number of nitrogen functional groups attached to an aromatic ring is 1. The van der Waals surface area contributed by atoms with Gasteiger partial charge in [-0.2, -0.15) is 0 Å². The molecule has 1 aliphatic rings. The second kappa shape index (κ2) is 6.74. The number of nitrogens with zero attached hydrogens (tertiary/aromatic N) is 2. The van der Waals surface area contributed by atoms with Crippen molar-refractivity contribution in [3.8, 4) is 0 Å². The van der Waals surface area contributed by atoms with Gasteiger partial charge in [-0.15, -0.1) is 0 Å². The molecule has 1 unspecified atom stereocenters. The minimum atomic E-state index is 0.818. The van der Waals surface area contributed by atoms with Crippen molar-refractivity contribution >= 4 is 5.69 Å². The summed E-state index contributed by atoms with van der Waals surface area (Å²) >= 11 is 0. The van der Waals surface area contributed by atoms with Gasteiger partial charge < -0.3 is 5.73 Å². The average Bonchev–Trinajstić information content (AvgIpc) is 2.56. The predicted octanol–water partition coefficient (Wildman–Crippen LogP) is 3.07. The number of aromatic nitrogens is 1. The van der Waals surface area contributed by atoms with Crippen molar-refractivity contribution in [3.05, 3.63) is 24.0 Å². The molecule has 3 heteroatoms. The van der Waals surface area contributed by atoms with Crippen LogP contribution in [0.2, 0.25) is 0 Å². The van der Waals surface area contributed by atoms with Gasteiger partial charge in [-0.05, 0) is 50.4 Å². The molecule has 0 amide bonds. The fourth-order valence-corrected chi connectivity index (χ4v) is 2.89. The number of likely N-dealkylation sites (tertiary alicyclic amines) is 1. The summed E-state index contributed by atoms with van der Waals surface area (Å²) < 4.78 is 0. The first-order chi connectivity index (χ1) is 8.78. The van der Waals surface area contributed by atoms with Crippen LogP contribution in [0.4, 0.5) is 5.69 Å². The van der Waals surface area contributed by atoms with Gasteiger partial charge in [0.05, 0.1) is 5.69 Å². The third kappa shape index (κ3) is 3.98. The van der Waals surface area contributed by atoms with Crippen molar-refractivity contribution in [2.24, 2.45) is 5.92 Å². The maximum Gasteiger partial charge on any atom is 0.0564 e. The van der Waals surface area contributed by atoms with Crippen molar-refractivity contribution < 1.29 is 0 Å². The molecule has 0 bridgehead atoms. The van der Waals surface area contributed by atoms with Gasteiger partial charge >= 0.3 is 0 Å². The van der Waals surface area contributed by atoms with Crippen LogP contribution in [0.5, 0.6) is 0 Å². The zero-order valence-electron chi connectivity index (χ0n) is 11.4. The SMILES string of the molecule is CCCC1CCCN(Cc2cc(N)ccn2)CC1. The lowest BCUT2D eigenvalue weighted by Crippen LogP contribution is -2.24. The summed E-state index contributed by atoms with van der Waals surface area (Å²) in [7, 11) is 0. The van der Waals surface area contributed by atoms with E-state index in [1.807, 2.05) is 18.3 Å². The van der Waals surface area contributed by atoms with Gasteiger partial charge in [-0.1, -0.05) is 19.8 Å². The Kier molecular flexibility index (Phi) is 5.00. The average molecular weight is 247 g/mol. The Balaban J connectivity index is 1.87. The highest BCUT2D eigenvalue weighted by atomic mass is 15.1. The van der Waals surface area contributed by atoms with Gasteiger partial charge in [0, 0.05) is 18.4 Å². The Bertz CT molecular complexity index is 365. The molecule has 100 valence electrons. The van der Waals surface area contributed by atoms with E-state index < -0.39 is 0 Å². The molecule has 0 aromatic carbocycles. The fourth-order valence-electron chi connectivity index (χ4n) is 2.89. The van der Waals surface area contributed by atoms with Crippen LogP contribution in [0, 0.1) is 5.92 Å². The fraction of sp³-hybridized carbons (Fsp3) is 0.667. The van der Waals surface area contributed by atoms with E-state index in [2.05, 4.69) is 16.8 Å². The zero-order chi connectivity index (χ0) is 12.8. The molecule has 1 aliphatic heterocycles. The van der Waals surface area contributed by atoms with Gasteiger partial charge in [0.25, 0.3) is 0 Å². The maximum atomic E-state index is 5.80. The van der Waals surface area contributed by atoms with Crippen molar-refractivity contribution in [3.63, 3.8) is 0 Å². The molecule has 1 atom stereocenters. The first-order valence-corrected chi connectivity index (χ1v) is 7.20. The normalized spacial score (nSPS) is 21.7. The van der Waals surface area contributed by atoms with E-state index in [1.54, 1.807) is 0 Å². The second-order valence-corrected chi connectivity index (χ2v) is 5.44. The Hall–Kier alpha value is -1.09. The summed E-state index contributed by atoms with van der Waals surface area (Å²) in [4.78, 5) is 6.92. The topological polar surface area (TPSA) is 42.1 Å². The van der Waals surface area contributed by atoms with Crippen LogP contribution in [0.15, 0.2) is 18.3 Å². The van der Waals surface area contributed by atoms with Crippen molar-refractivity contribution in [1.82, 2.24) is 9.88 Å². The van der Waals surface area contributed by atoms with E-state index in [0.29, 0.717) is 0 Å². The van der Waals surface area contributed by atoms with Crippen LogP contribution < -0.4 is 5.73 Å². The van der Waals surface area contributed by atoms with Crippen LogP contribution in [0.1, 0.15) is 44.7 Å². The van der Waals surface area contributed by atoms with Crippen molar-refractivity contribution in [2.45, 2.75) is 45.6 Å². The molecule has 1 aromatic heterocycles. The van der Waals surface area contributed by atoms with Gasteiger partial charge in [-0.25, -0.2) is 0 Å². The van der Waals surface area contributed by atoms with Crippen molar-refractivity contribution in [2.75, 3.05) is 18.8 Å². The summed E-state index contributed by atoms with van der Waals surface area (Å²) in [5.41, 5.74) is 7.72. The summed E-state index contributed by atoms with van der Waals surface area (Å²) in [6.45, 7) is 5.65. The Morgan fingerprint density at radius 2 is 2.28 bits per heavy atom. The number of hydrogen-bond acceptors (Lipinski definition) is 3. The molecule has 1 fully saturated rings. The lowest BCUT2D eigenvalue weighted by molar-refractivity contribution is 0.268. The first kappa shape index (κ1) is 13.3. The molecule has 1 aromatic rings. The summed E-state index contributed by atoms with van der Waals surface area (Å²) in [6, 6.07) is 3.84. The second-order valence-electron chi connectivity index (χ2n) is 5.44. The molecular weight excluding hydrogens is 222 g/mol. The zero-order valence-corrected chi connectivity index (χ0v) is 11.4. The highest BCUT2D eigenvalue weighted by Crippen LogP contribution is 2.22. The lowest BCUT2D eigenvalue weighted by Gasteiger charge is -2.19. The molecule has 2 rings (SSSR count). The van der Waals surface area contributed by atoms with Crippen LogP contribution >= 0.6 is 0 Å². The minimum absolute atomic E-state index is 0.818. The number of nitrogens with two attached hydrogens (primary N) is 1. The monoisotopic (exact) mass is 247 g/mol. The van der Waals surface area contributed by atoms with E-state index in [1.165, 1.54) is 45.2 Å². The number of anilines is 1. The molecule has 2 heterocycles. The van der Waals surface area contributed by atoms with Gasteiger partial charge in [0.15, 0.2) is 0 Å². The third-order valence-corrected chi connectivity index (χ3v) is 3.86. The molecule has 3 nitrogen and oxygen atoms in total. The van der Waals surface area contributed by atoms with E-state index >= 15 is 0 Å². The van der Waals surface area contributed by atoms with E-state index in [4.69, 9.17) is 5.73 Å². The van der Waals surface area contributed by atoms with Crippen LogP contribution in [-0.4, -0.2) is 23.0 Å². The Morgan fingerprint density at radius 3 is 3.06 bits per heavy atom. The van der Waals surface area contributed by atoms with Crippen LogP contribution in [0.25, 0.3) is 0 Å². The minimum Gasteiger partial charge on any atom is -0.399 e. The molecule has 0 saturated carbocycles. The van der Waals surface area contributed by atoms with E-state index in [0.717, 1.165) is 23.8 Å². The number of rotatable bonds is 4. The highest BCUT2D eigenvalue weighted by Gasteiger charge is 2.16. The van der Waals surface area contributed by atoms with E-state index in [-0.39, 0.29) is 0 Å². The molecule has 1 saturated heterocycles. The van der Waals surface area contributed by atoms with Gasteiger partial charge in [-0.3, -0.25) is 9.88 Å². The summed E-state index contributed by atoms with van der Waals surface area (Å²) in [5.74, 6) is 0.939. The molecule has 0 radical (unpaired) electrons.